The number of hydrogen-bond donors (Lipinski definition) is 1. The summed E-state index contributed by atoms with van der Waals surface area (Å²) < 4.78 is 26.1. The van der Waals surface area contributed by atoms with Crippen LogP contribution < -0.4 is 0 Å². The highest BCUT2D eigenvalue weighted by Gasteiger charge is 2.39. The van der Waals surface area contributed by atoms with Crippen molar-refractivity contribution in [1.29, 1.82) is 0 Å². The Bertz CT molecular complexity index is 363. The van der Waals surface area contributed by atoms with E-state index in [1.807, 2.05) is 0 Å². The Labute approximate surface area is 110 Å². The van der Waals surface area contributed by atoms with Gasteiger partial charge in [0.1, 0.15) is 0 Å². The molecule has 1 saturated carbocycles. The van der Waals surface area contributed by atoms with Gasteiger partial charge >= 0.3 is 5.97 Å². The summed E-state index contributed by atoms with van der Waals surface area (Å²) in [6.45, 7) is 1.02. The summed E-state index contributed by atoms with van der Waals surface area (Å²) in [6.07, 6.45) is 0.830. The zero-order valence-electron chi connectivity index (χ0n) is 10.8. The minimum atomic E-state index is -2.62. The van der Waals surface area contributed by atoms with Gasteiger partial charge in [0.25, 0.3) is 0 Å². The largest absolute Gasteiger partial charge is 0.481 e. The molecular weight excluding hydrogens is 256 g/mol. The third-order valence-electron chi connectivity index (χ3n) is 4.13. The van der Waals surface area contributed by atoms with E-state index in [9.17, 15) is 18.4 Å². The molecule has 1 heterocycles. The maximum atomic E-state index is 13.0. The summed E-state index contributed by atoms with van der Waals surface area (Å²) in [5, 5.41) is 8.72. The second-order valence-corrected chi connectivity index (χ2v) is 5.67. The van der Waals surface area contributed by atoms with Crippen molar-refractivity contribution in [2.75, 3.05) is 13.1 Å². The Hall–Kier alpha value is -1.20. The number of aliphatic carboxylic acids is 1. The molecule has 1 saturated heterocycles. The van der Waals surface area contributed by atoms with Gasteiger partial charge in [-0.15, -0.1) is 0 Å². The second kappa shape index (κ2) is 5.43. The molecule has 0 aromatic heterocycles. The van der Waals surface area contributed by atoms with Crippen LogP contribution in [0.4, 0.5) is 8.78 Å². The molecule has 0 spiro atoms. The van der Waals surface area contributed by atoms with Crippen LogP contribution in [0.25, 0.3) is 0 Å². The van der Waals surface area contributed by atoms with E-state index in [4.69, 9.17) is 5.11 Å². The monoisotopic (exact) mass is 275 g/mol. The molecule has 1 amide bonds. The number of carboxylic acid groups (broad SMARTS) is 1. The smallest absolute Gasteiger partial charge is 0.303 e. The molecule has 1 atom stereocenters. The molecule has 1 N–H and O–H groups in total. The molecule has 0 aromatic rings. The summed E-state index contributed by atoms with van der Waals surface area (Å²) >= 11 is 0. The lowest BCUT2D eigenvalue weighted by Crippen LogP contribution is -2.38. The van der Waals surface area contributed by atoms with Crippen molar-refractivity contribution in [3.05, 3.63) is 0 Å². The zero-order chi connectivity index (χ0) is 14.0. The molecule has 0 aromatic carbocycles. The summed E-state index contributed by atoms with van der Waals surface area (Å²) in [7, 11) is 0. The minimum Gasteiger partial charge on any atom is -0.481 e. The van der Waals surface area contributed by atoms with E-state index in [0.717, 1.165) is 0 Å². The highest BCUT2D eigenvalue weighted by Crippen LogP contribution is 2.37. The van der Waals surface area contributed by atoms with Crippen LogP contribution in [0.2, 0.25) is 0 Å². The second-order valence-electron chi connectivity index (χ2n) is 5.67. The normalized spacial score (nSPS) is 27.5. The summed E-state index contributed by atoms with van der Waals surface area (Å²) in [5.74, 6) is -3.83. The molecule has 6 heteroatoms. The molecule has 0 bridgehead atoms. The van der Waals surface area contributed by atoms with Gasteiger partial charge < -0.3 is 10.0 Å². The lowest BCUT2D eigenvalue weighted by molar-refractivity contribution is -0.140. The van der Waals surface area contributed by atoms with Crippen molar-refractivity contribution in [1.82, 2.24) is 4.90 Å². The van der Waals surface area contributed by atoms with Crippen LogP contribution in [-0.4, -0.2) is 40.9 Å². The summed E-state index contributed by atoms with van der Waals surface area (Å²) in [5.41, 5.74) is 0. The van der Waals surface area contributed by atoms with Crippen LogP contribution in [0, 0.1) is 11.8 Å². The van der Waals surface area contributed by atoms with E-state index in [0.29, 0.717) is 19.5 Å². The first-order chi connectivity index (χ1) is 8.87. The Morgan fingerprint density at radius 1 is 1.21 bits per heavy atom. The molecule has 2 rings (SSSR count). The first-order valence-corrected chi connectivity index (χ1v) is 6.76. The number of carboxylic acids is 1. The lowest BCUT2D eigenvalue weighted by Gasteiger charge is -2.30. The average molecular weight is 275 g/mol. The number of alkyl halides is 2. The van der Waals surface area contributed by atoms with E-state index >= 15 is 0 Å². The van der Waals surface area contributed by atoms with E-state index in [1.165, 1.54) is 0 Å². The standard InChI is InChI=1S/C13H19F2NO3/c14-13(15)4-1-10(2-5-13)12(19)16-6-3-9(8-16)7-11(17)18/h9-10H,1-8H2,(H,17,18). The lowest BCUT2D eigenvalue weighted by atomic mass is 9.86. The van der Waals surface area contributed by atoms with Crippen LogP contribution >= 0.6 is 0 Å². The van der Waals surface area contributed by atoms with Gasteiger partial charge in [-0.3, -0.25) is 9.59 Å². The molecule has 1 unspecified atom stereocenters. The van der Waals surface area contributed by atoms with Crippen molar-refractivity contribution in [3.63, 3.8) is 0 Å². The molecule has 19 heavy (non-hydrogen) atoms. The van der Waals surface area contributed by atoms with Crippen molar-refractivity contribution in [2.45, 2.75) is 44.4 Å². The van der Waals surface area contributed by atoms with Crippen molar-refractivity contribution in [3.8, 4) is 0 Å². The topological polar surface area (TPSA) is 57.6 Å². The number of halogens is 2. The summed E-state index contributed by atoms with van der Waals surface area (Å²) in [4.78, 5) is 24.4. The van der Waals surface area contributed by atoms with Crippen molar-refractivity contribution < 1.29 is 23.5 Å². The maximum absolute atomic E-state index is 13.0. The predicted octanol–water partition coefficient (Wildman–Crippen LogP) is 2.14. The fourth-order valence-electron chi connectivity index (χ4n) is 2.99. The van der Waals surface area contributed by atoms with Gasteiger partial charge in [-0.1, -0.05) is 0 Å². The molecular formula is C13H19F2NO3. The van der Waals surface area contributed by atoms with Gasteiger partial charge in [0.15, 0.2) is 0 Å². The van der Waals surface area contributed by atoms with E-state index in [-0.39, 0.29) is 49.8 Å². The Morgan fingerprint density at radius 3 is 2.42 bits per heavy atom. The third kappa shape index (κ3) is 3.64. The Kier molecular flexibility index (Phi) is 4.06. The predicted molar refractivity (Wildman–Crippen MR) is 63.8 cm³/mol. The minimum absolute atomic E-state index is 0.00600. The van der Waals surface area contributed by atoms with Crippen molar-refractivity contribution >= 4 is 11.9 Å². The van der Waals surface area contributed by atoms with Crippen LogP contribution in [0.1, 0.15) is 38.5 Å². The van der Waals surface area contributed by atoms with E-state index in [1.54, 1.807) is 4.90 Å². The quantitative estimate of drug-likeness (QED) is 0.858. The number of amides is 1. The van der Waals surface area contributed by atoms with Crippen molar-refractivity contribution in [2.24, 2.45) is 11.8 Å². The van der Waals surface area contributed by atoms with Gasteiger partial charge in [0, 0.05) is 38.3 Å². The van der Waals surface area contributed by atoms with E-state index in [2.05, 4.69) is 0 Å². The fraction of sp³-hybridized carbons (Fsp3) is 0.846. The molecule has 1 aliphatic carbocycles. The van der Waals surface area contributed by atoms with Gasteiger partial charge in [0.2, 0.25) is 11.8 Å². The van der Waals surface area contributed by atoms with Crippen LogP contribution in [0.5, 0.6) is 0 Å². The molecule has 0 radical (unpaired) electrons. The first kappa shape index (κ1) is 14.2. The Balaban J connectivity index is 1.83. The number of rotatable bonds is 3. The summed E-state index contributed by atoms with van der Waals surface area (Å²) in [6, 6.07) is 0. The molecule has 4 nitrogen and oxygen atoms in total. The fourth-order valence-corrected chi connectivity index (χ4v) is 2.99. The third-order valence-corrected chi connectivity index (χ3v) is 4.13. The molecule has 2 aliphatic rings. The Morgan fingerprint density at radius 2 is 1.84 bits per heavy atom. The number of hydrogen-bond acceptors (Lipinski definition) is 2. The molecule has 108 valence electrons. The van der Waals surface area contributed by atoms with Gasteiger partial charge in [0.05, 0.1) is 0 Å². The highest BCUT2D eigenvalue weighted by atomic mass is 19.3. The SMILES string of the molecule is O=C(O)CC1CCN(C(=O)C2CCC(F)(F)CC2)C1. The van der Waals surface area contributed by atoms with Crippen LogP contribution in [0.15, 0.2) is 0 Å². The number of carbonyl (C=O) groups excluding carboxylic acids is 1. The highest BCUT2D eigenvalue weighted by molar-refractivity contribution is 5.79. The number of carbonyl (C=O) groups is 2. The maximum Gasteiger partial charge on any atom is 0.303 e. The molecule has 2 fully saturated rings. The van der Waals surface area contributed by atoms with E-state index < -0.39 is 11.9 Å². The first-order valence-electron chi connectivity index (χ1n) is 6.76. The van der Waals surface area contributed by atoms with Gasteiger partial charge in [-0.2, -0.15) is 0 Å². The average Bonchev–Trinajstić information content (AvgIpc) is 2.75. The van der Waals surface area contributed by atoms with Crippen LogP contribution in [0.3, 0.4) is 0 Å². The number of nitrogens with zero attached hydrogens (tertiary/aromatic N) is 1. The number of likely N-dealkylation sites (tertiary alicyclic amines) is 1. The van der Waals surface area contributed by atoms with Gasteiger partial charge in [-0.25, -0.2) is 8.78 Å². The van der Waals surface area contributed by atoms with Gasteiger partial charge in [-0.05, 0) is 25.2 Å². The van der Waals surface area contributed by atoms with Crippen LogP contribution in [-0.2, 0) is 9.59 Å². The molecule has 1 aliphatic heterocycles. The zero-order valence-corrected chi connectivity index (χ0v) is 10.8.